The third kappa shape index (κ3) is 3.13. The molecule has 0 bridgehead atoms. The maximum absolute atomic E-state index is 14.1. The molecule has 3 heterocycles. The topological polar surface area (TPSA) is 21.1 Å². The second kappa shape index (κ2) is 6.64. The molecule has 5 heteroatoms. The molecule has 3 nitrogen and oxygen atoms in total. The van der Waals surface area contributed by atoms with E-state index in [0.29, 0.717) is 6.08 Å². The summed E-state index contributed by atoms with van der Waals surface area (Å²) in [5.41, 5.74) is 3.80. The molecule has 3 aromatic rings. The van der Waals surface area contributed by atoms with Crippen LogP contribution in [0.4, 0.5) is 8.78 Å². The smallest absolute Gasteiger partial charge is 0.291 e. The first-order valence-corrected chi connectivity index (χ1v) is 8.78. The molecule has 1 aliphatic heterocycles. The number of hydrogen-bond acceptors (Lipinski definition) is 2. The van der Waals surface area contributed by atoms with Gasteiger partial charge >= 0.3 is 0 Å². The van der Waals surface area contributed by atoms with Crippen LogP contribution in [-0.2, 0) is 18.9 Å². The predicted octanol–water partition coefficient (Wildman–Crippen LogP) is 4.16. The fourth-order valence-corrected chi connectivity index (χ4v) is 3.50. The van der Waals surface area contributed by atoms with E-state index in [2.05, 4.69) is 28.4 Å². The predicted molar refractivity (Wildman–Crippen MR) is 103 cm³/mol. The van der Waals surface area contributed by atoms with Crippen molar-refractivity contribution in [2.75, 3.05) is 13.6 Å². The zero-order valence-corrected chi connectivity index (χ0v) is 15.0. The van der Waals surface area contributed by atoms with Crippen molar-refractivity contribution in [3.8, 4) is 12.0 Å². The molecule has 1 aromatic carbocycles. The van der Waals surface area contributed by atoms with Crippen molar-refractivity contribution in [1.82, 2.24) is 14.5 Å². The number of fused-ring (bicyclic) bond motifs is 3. The van der Waals surface area contributed by atoms with Crippen molar-refractivity contribution in [1.29, 1.82) is 0 Å². The fourth-order valence-electron chi connectivity index (χ4n) is 3.50. The molecular weight excluding hydrogens is 344 g/mol. The number of hydrogen-bond donors (Lipinski definition) is 0. The number of pyridine rings is 1. The molecule has 4 rings (SSSR count). The average Bonchev–Trinajstić information content (AvgIpc) is 2.99. The van der Waals surface area contributed by atoms with Crippen LogP contribution in [0.2, 0.25) is 0 Å². The summed E-state index contributed by atoms with van der Waals surface area (Å²) in [5, 5.41) is 0.830. The summed E-state index contributed by atoms with van der Waals surface area (Å²) in [6.07, 6.45) is 4.93. The lowest BCUT2D eigenvalue weighted by Gasteiger charge is -2.23. The van der Waals surface area contributed by atoms with E-state index in [9.17, 15) is 8.78 Å². The van der Waals surface area contributed by atoms with Gasteiger partial charge in [-0.3, -0.25) is 9.55 Å². The number of halogens is 2. The van der Waals surface area contributed by atoms with Gasteiger partial charge in [-0.15, -0.1) is 0 Å². The Morgan fingerprint density at radius 2 is 2.15 bits per heavy atom. The second-order valence-corrected chi connectivity index (χ2v) is 6.79. The second-order valence-electron chi connectivity index (χ2n) is 6.79. The Labute approximate surface area is 156 Å². The van der Waals surface area contributed by atoms with Crippen LogP contribution in [0.3, 0.4) is 0 Å². The molecule has 1 aliphatic rings. The van der Waals surface area contributed by atoms with Crippen molar-refractivity contribution in [2.45, 2.75) is 18.9 Å². The first-order valence-electron chi connectivity index (χ1n) is 8.78. The van der Waals surface area contributed by atoms with E-state index in [1.54, 1.807) is 24.5 Å². The molecule has 0 spiro atoms. The standard InChI is InChI=1S/C22H19F2N3/c1-3-22(23,24)17-6-7-20-18(13-17)19-15-26(2)11-9-21(19)27(20)12-8-16-5-4-10-25-14-16/h3-7,10,13-14H,1,9,11,15H2,2H3. The van der Waals surface area contributed by atoms with Gasteiger partial charge < -0.3 is 4.90 Å². The number of benzene rings is 1. The summed E-state index contributed by atoms with van der Waals surface area (Å²) in [7, 11) is 2.04. The monoisotopic (exact) mass is 363 g/mol. The summed E-state index contributed by atoms with van der Waals surface area (Å²) in [6.45, 7) is 4.89. The molecule has 27 heavy (non-hydrogen) atoms. The Hall–Kier alpha value is -2.97. The number of aromatic nitrogens is 2. The van der Waals surface area contributed by atoms with Gasteiger partial charge in [0.15, 0.2) is 0 Å². The van der Waals surface area contributed by atoms with Crippen LogP contribution in [0.1, 0.15) is 22.4 Å². The summed E-state index contributed by atoms with van der Waals surface area (Å²) in [5.74, 6) is 0.0786. The summed E-state index contributed by atoms with van der Waals surface area (Å²) in [4.78, 5) is 6.27. The van der Waals surface area contributed by atoms with Crippen LogP contribution < -0.4 is 0 Å². The minimum atomic E-state index is -3.05. The molecular formula is C22H19F2N3. The first-order chi connectivity index (χ1) is 13.0. The van der Waals surface area contributed by atoms with Crippen LogP contribution in [0.15, 0.2) is 55.4 Å². The van der Waals surface area contributed by atoms with Crippen LogP contribution in [0.25, 0.3) is 10.9 Å². The molecule has 0 saturated heterocycles. The van der Waals surface area contributed by atoms with Gasteiger partial charge in [0.2, 0.25) is 0 Å². The van der Waals surface area contributed by atoms with Crippen molar-refractivity contribution < 1.29 is 8.78 Å². The van der Waals surface area contributed by atoms with E-state index in [0.717, 1.165) is 47.2 Å². The molecule has 0 aliphatic carbocycles. The van der Waals surface area contributed by atoms with Gasteiger partial charge in [-0.05, 0) is 48.9 Å². The van der Waals surface area contributed by atoms with E-state index in [-0.39, 0.29) is 5.56 Å². The SMILES string of the molecule is C=CC(F)(F)c1ccc2c(c1)c1c(n2C#Cc2cccnc2)CCN(C)C1. The van der Waals surface area contributed by atoms with Crippen LogP contribution in [0, 0.1) is 12.0 Å². The molecule has 0 atom stereocenters. The third-order valence-corrected chi connectivity index (χ3v) is 4.95. The largest absolute Gasteiger partial charge is 0.302 e. The van der Waals surface area contributed by atoms with E-state index >= 15 is 0 Å². The summed E-state index contributed by atoms with van der Waals surface area (Å²) in [6, 6.07) is 11.7. The van der Waals surface area contributed by atoms with Crippen molar-refractivity contribution >= 4 is 10.9 Å². The van der Waals surface area contributed by atoms with E-state index in [1.807, 2.05) is 23.7 Å². The lowest BCUT2D eigenvalue weighted by Crippen LogP contribution is -2.27. The van der Waals surface area contributed by atoms with Crippen LogP contribution in [-0.4, -0.2) is 28.0 Å². The zero-order chi connectivity index (χ0) is 19.0. The highest BCUT2D eigenvalue weighted by atomic mass is 19.3. The summed E-state index contributed by atoms with van der Waals surface area (Å²) >= 11 is 0. The average molecular weight is 363 g/mol. The maximum atomic E-state index is 14.1. The van der Waals surface area contributed by atoms with Crippen LogP contribution in [0.5, 0.6) is 0 Å². The zero-order valence-electron chi connectivity index (χ0n) is 15.0. The Morgan fingerprint density at radius 1 is 1.30 bits per heavy atom. The van der Waals surface area contributed by atoms with Crippen molar-refractivity contribution in [3.63, 3.8) is 0 Å². The van der Waals surface area contributed by atoms with Crippen molar-refractivity contribution in [2.24, 2.45) is 0 Å². The van der Waals surface area contributed by atoms with Gasteiger partial charge in [0.1, 0.15) is 0 Å². The highest BCUT2D eigenvalue weighted by molar-refractivity contribution is 5.87. The molecule has 0 amide bonds. The molecule has 0 saturated carbocycles. The number of likely N-dealkylation sites (N-methyl/N-ethyl adjacent to an activating group) is 1. The number of alkyl halides is 2. The normalized spacial score (nSPS) is 14.5. The van der Waals surface area contributed by atoms with E-state index in [1.165, 1.54) is 6.07 Å². The van der Waals surface area contributed by atoms with Crippen molar-refractivity contribution in [3.05, 3.63) is 77.8 Å². The summed E-state index contributed by atoms with van der Waals surface area (Å²) < 4.78 is 30.2. The highest BCUT2D eigenvalue weighted by Gasteiger charge is 2.29. The minimum absolute atomic E-state index is 0.0432. The Morgan fingerprint density at radius 3 is 2.89 bits per heavy atom. The van der Waals surface area contributed by atoms with Gasteiger partial charge in [0.05, 0.1) is 5.52 Å². The molecule has 0 N–H and O–H groups in total. The molecule has 0 unspecified atom stereocenters. The molecule has 2 aromatic heterocycles. The Bertz CT molecular complexity index is 1070. The molecule has 0 fully saturated rings. The van der Waals surface area contributed by atoms with Gasteiger partial charge in [-0.1, -0.05) is 12.6 Å². The van der Waals surface area contributed by atoms with Gasteiger partial charge in [0.25, 0.3) is 5.92 Å². The lowest BCUT2D eigenvalue weighted by molar-refractivity contribution is 0.0527. The Balaban J connectivity index is 1.92. The third-order valence-electron chi connectivity index (χ3n) is 4.95. The van der Waals surface area contributed by atoms with E-state index in [4.69, 9.17) is 0 Å². The quantitative estimate of drug-likeness (QED) is 0.504. The van der Waals surface area contributed by atoms with E-state index < -0.39 is 5.92 Å². The molecule has 0 radical (unpaired) electrons. The fraction of sp³-hybridized carbons (Fsp3) is 0.227. The number of rotatable bonds is 2. The lowest BCUT2D eigenvalue weighted by atomic mass is 10.0. The molecule has 136 valence electrons. The van der Waals surface area contributed by atoms with Gasteiger partial charge in [-0.2, -0.15) is 8.78 Å². The first kappa shape index (κ1) is 17.4. The highest BCUT2D eigenvalue weighted by Crippen LogP contribution is 2.35. The number of allylic oxidation sites excluding steroid dienone is 1. The number of nitrogens with zero attached hydrogens (tertiary/aromatic N) is 3. The minimum Gasteiger partial charge on any atom is -0.302 e. The Kier molecular flexibility index (Phi) is 4.29. The maximum Gasteiger partial charge on any atom is 0.291 e. The van der Waals surface area contributed by atoms with Gasteiger partial charge in [-0.25, -0.2) is 0 Å². The van der Waals surface area contributed by atoms with Gasteiger partial charge in [0, 0.05) is 60.2 Å². The van der Waals surface area contributed by atoms with Crippen LogP contribution >= 0.6 is 0 Å².